The Morgan fingerprint density at radius 1 is 1.05 bits per heavy atom. The summed E-state index contributed by atoms with van der Waals surface area (Å²) in [5, 5.41) is 4.33. The van der Waals surface area contributed by atoms with Crippen LogP contribution in [0.5, 0.6) is 11.5 Å². The van der Waals surface area contributed by atoms with Crippen molar-refractivity contribution in [2.45, 2.75) is 13.2 Å². The largest absolute Gasteiger partial charge is 0.497 e. The van der Waals surface area contributed by atoms with Crippen LogP contribution >= 0.6 is 23.2 Å². The van der Waals surface area contributed by atoms with Crippen LogP contribution in [0.2, 0.25) is 10.0 Å². The summed E-state index contributed by atoms with van der Waals surface area (Å²) in [6.07, 6.45) is 0. The molecule has 1 N–H and O–H groups in total. The van der Waals surface area contributed by atoms with Crippen LogP contribution in [0.15, 0.2) is 36.4 Å². The lowest BCUT2D eigenvalue weighted by atomic mass is 10.2. The van der Waals surface area contributed by atoms with Gasteiger partial charge < -0.3 is 14.8 Å². The number of hydrogen-bond acceptors (Lipinski definition) is 3. The lowest BCUT2D eigenvalue weighted by Crippen LogP contribution is -2.08. The van der Waals surface area contributed by atoms with Crippen molar-refractivity contribution >= 4 is 23.2 Å². The maximum atomic E-state index is 6.15. The highest BCUT2D eigenvalue weighted by Gasteiger charge is 2.07. The molecule has 0 amide bonds. The van der Waals surface area contributed by atoms with E-state index < -0.39 is 0 Å². The minimum Gasteiger partial charge on any atom is -0.497 e. The molecule has 0 saturated heterocycles. The monoisotopic (exact) mass is 325 g/mol. The fraction of sp³-hybridized carbons (Fsp3) is 0.250. The zero-order valence-electron chi connectivity index (χ0n) is 12.0. The highest BCUT2D eigenvalue weighted by Crippen LogP contribution is 2.27. The van der Waals surface area contributed by atoms with Gasteiger partial charge >= 0.3 is 0 Å². The molecule has 3 nitrogen and oxygen atoms in total. The SMILES string of the molecule is CNCc1cc(OC)ccc1OCc1ccc(Cl)cc1Cl. The molecule has 0 aliphatic rings. The third-order valence-electron chi connectivity index (χ3n) is 3.03. The first kappa shape index (κ1) is 16.0. The molecule has 21 heavy (non-hydrogen) atoms. The number of ether oxygens (including phenoxy) is 2. The predicted molar refractivity (Wildman–Crippen MR) is 86.6 cm³/mol. The number of hydrogen-bond donors (Lipinski definition) is 1. The molecule has 0 atom stereocenters. The van der Waals surface area contributed by atoms with Crippen LogP contribution in [0.4, 0.5) is 0 Å². The van der Waals surface area contributed by atoms with E-state index in [1.54, 1.807) is 19.2 Å². The second-order valence-corrected chi connectivity index (χ2v) is 5.37. The summed E-state index contributed by atoms with van der Waals surface area (Å²) in [4.78, 5) is 0. The van der Waals surface area contributed by atoms with Gasteiger partial charge in [-0.15, -0.1) is 0 Å². The fourth-order valence-corrected chi connectivity index (χ4v) is 2.41. The molecule has 0 aliphatic heterocycles. The van der Waals surface area contributed by atoms with Gasteiger partial charge in [0.2, 0.25) is 0 Å². The summed E-state index contributed by atoms with van der Waals surface area (Å²) in [5.74, 6) is 1.60. The van der Waals surface area contributed by atoms with Gasteiger partial charge in [0.05, 0.1) is 7.11 Å². The lowest BCUT2D eigenvalue weighted by Gasteiger charge is -2.13. The second kappa shape index (κ2) is 7.55. The van der Waals surface area contributed by atoms with Crippen molar-refractivity contribution < 1.29 is 9.47 Å². The fourth-order valence-electron chi connectivity index (χ4n) is 1.95. The number of halogens is 2. The van der Waals surface area contributed by atoms with E-state index in [-0.39, 0.29) is 0 Å². The van der Waals surface area contributed by atoms with Crippen LogP contribution in [0.1, 0.15) is 11.1 Å². The van der Waals surface area contributed by atoms with Crippen LogP contribution in [0.3, 0.4) is 0 Å². The van der Waals surface area contributed by atoms with Gasteiger partial charge in [-0.3, -0.25) is 0 Å². The van der Waals surface area contributed by atoms with Gasteiger partial charge in [0.15, 0.2) is 0 Å². The summed E-state index contributed by atoms with van der Waals surface area (Å²) < 4.78 is 11.1. The Morgan fingerprint density at radius 2 is 1.86 bits per heavy atom. The zero-order chi connectivity index (χ0) is 15.2. The molecule has 0 spiro atoms. The molecule has 2 aromatic rings. The van der Waals surface area contributed by atoms with Crippen LogP contribution in [0, 0.1) is 0 Å². The molecule has 2 rings (SSSR count). The maximum Gasteiger partial charge on any atom is 0.124 e. The lowest BCUT2D eigenvalue weighted by molar-refractivity contribution is 0.301. The van der Waals surface area contributed by atoms with Gasteiger partial charge in [0.1, 0.15) is 18.1 Å². The molecule has 0 bridgehead atoms. The summed E-state index contributed by atoms with van der Waals surface area (Å²) >= 11 is 12.0. The van der Waals surface area contributed by atoms with Crippen molar-refractivity contribution in [3.8, 4) is 11.5 Å². The third-order valence-corrected chi connectivity index (χ3v) is 3.62. The van der Waals surface area contributed by atoms with Gasteiger partial charge in [-0.05, 0) is 37.4 Å². The van der Waals surface area contributed by atoms with E-state index in [2.05, 4.69) is 5.32 Å². The average Bonchev–Trinajstić information content (AvgIpc) is 2.47. The van der Waals surface area contributed by atoms with Crippen molar-refractivity contribution in [2.75, 3.05) is 14.2 Å². The molecule has 0 fully saturated rings. The summed E-state index contributed by atoms with van der Waals surface area (Å²) in [6.45, 7) is 1.08. The summed E-state index contributed by atoms with van der Waals surface area (Å²) in [6, 6.07) is 11.1. The van der Waals surface area contributed by atoms with Gasteiger partial charge in [-0.2, -0.15) is 0 Å². The average molecular weight is 326 g/mol. The first-order valence-corrected chi connectivity index (χ1v) is 7.28. The van der Waals surface area contributed by atoms with Crippen LogP contribution in [-0.2, 0) is 13.2 Å². The maximum absolute atomic E-state index is 6.15. The van der Waals surface area contributed by atoms with E-state index in [1.165, 1.54) is 0 Å². The standard InChI is InChI=1S/C16H17Cl2NO2/c1-19-9-12-7-14(20-2)5-6-16(12)21-10-11-3-4-13(17)8-15(11)18/h3-8,19H,9-10H2,1-2H3. The molecule has 0 unspecified atom stereocenters. The number of rotatable bonds is 6. The molecule has 112 valence electrons. The third kappa shape index (κ3) is 4.27. The van der Waals surface area contributed by atoms with Crippen molar-refractivity contribution in [3.63, 3.8) is 0 Å². The Morgan fingerprint density at radius 3 is 2.52 bits per heavy atom. The quantitative estimate of drug-likeness (QED) is 0.858. The molecule has 0 heterocycles. The van der Waals surface area contributed by atoms with E-state index in [4.69, 9.17) is 32.7 Å². The van der Waals surface area contributed by atoms with Crippen molar-refractivity contribution in [2.24, 2.45) is 0 Å². The minimum absolute atomic E-state index is 0.388. The Kier molecular flexibility index (Phi) is 5.74. The molecular weight excluding hydrogens is 309 g/mol. The Hall–Kier alpha value is -1.42. The first-order valence-electron chi connectivity index (χ1n) is 6.52. The van der Waals surface area contributed by atoms with Crippen LogP contribution in [-0.4, -0.2) is 14.2 Å². The molecule has 2 aromatic carbocycles. The number of methoxy groups -OCH3 is 1. The molecule has 5 heteroatoms. The van der Waals surface area contributed by atoms with Gasteiger partial charge in [0.25, 0.3) is 0 Å². The van der Waals surface area contributed by atoms with E-state index in [0.29, 0.717) is 23.2 Å². The summed E-state index contributed by atoms with van der Waals surface area (Å²) in [5.41, 5.74) is 1.93. The van der Waals surface area contributed by atoms with Gasteiger partial charge in [-0.25, -0.2) is 0 Å². The second-order valence-electron chi connectivity index (χ2n) is 4.53. The molecular formula is C16H17Cl2NO2. The normalized spacial score (nSPS) is 10.5. The van der Waals surface area contributed by atoms with E-state index in [1.807, 2.05) is 31.3 Å². The van der Waals surface area contributed by atoms with E-state index >= 15 is 0 Å². The molecule has 0 aromatic heterocycles. The Balaban J connectivity index is 2.15. The Labute approximate surface area is 134 Å². The van der Waals surface area contributed by atoms with Crippen LogP contribution in [0.25, 0.3) is 0 Å². The minimum atomic E-state index is 0.388. The Bertz CT molecular complexity index is 617. The summed E-state index contributed by atoms with van der Waals surface area (Å²) in [7, 11) is 3.53. The predicted octanol–water partition coefficient (Wildman–Crippen LogP) is 4.30. The van der Waals surface area contributed by atoms with Crippen molar-refractivity contribution in [1.82, 2.24) is 5.32 Å². The first-order chi connectivity index (χ1) is 10.1. The van der Waals surface area contributed by atoms with Crippen LogP contribution < -0.4 is 14.8 Å². The van der Waals surface area contributed by atoms with Crippen molar-refractivity contribution in [3.05, 3.63) is 57.6 Å². The zero-order valence-corrected chi connectivity index (χ0v) is 13.5. The number of nitrogens with one attached hydrogen (secondary N) is 1. The molecule has 0 saturated carbocycles. The molecule has 0 radical (unpaired) electrons. The van der Waals surface area contributed by atoms with Crippen molar-refractivity contribution in [1.29, 1.82) is 0 Å². The topological polar surface area (TPSA) is 30.5 Å². The van der Waals surface area contributed by atoms with Gasteiger partial charge in [0, 0.05) is 27.7 Å². The van der Waals surface area contributed by atoms with Gasteiger partial charge in [-0.1, -0.05) is 29.3 Å². The van der Waals surface area contributed by atoms with E-state index in [9.17, 15) is 0 Å². The molecule has 0 aliphatic carbocycles. The smallest absolute Gasteiger partial charge is 0.124 e. The highest BCUT2D eigenvalue weighted by atomic mass is 35.5. The van der Waals surface area contributed by atoms with E-state index in [0.717, 1.165) is 22.6 Å². The highest BCUT2D eigenvalue weighted by molar-refractivity contribution is 6.35. The number of benzene rings is 2.